The zero-order valence-corrected chi connectivity index (χ0v) is 12.1. The van der Waals surface area contributed by atoms with Crippen LogP contribution in [0.4, 0.5) is 5.95 Å². The van der Waals surface area contributed by atoms with E-state index in [0.29, 0.717) is 6.04 Å². The second-order valence-electron chi connectivity index (χ2n) is 5.61. The summed E-state index contributed by atoms with van der Waals surface area (Å²) >= 11 is 0. The van der Waals surface area contributed by atoms with Crippen molar-refractivity contribution in [3.05, 3.63) is 11.9 Å². The maximum atomic E-state index is 4.58. The lowest BCUT2D eigenvalue weighted by Crippen LogP contribution is -2.19. The van der Waals surface area contributed by atoms with Gasteiger partial charge in [0.25, 0.3) is 0 Å². The minimum absolute atomic E-state index is 0.661. The van der Waals surface area contributed by atoms with Crippen LogP contribution < -0.4 is 5.32 Å². The average molecular weight is 249 g/mol. The number of aromatic nitrogens is 2. The molecule has 1 aromatic heterocycles. The van der Waals surface area contributed by atoms with Gasteiger partial charge in [0.1, 0.15) is 0 Å². The Bertz CT molecular complexity index is 362. The smallest absolute Gasteiger partial charge is 0.203 e. The molecule has 0 aromatic carbocycles. The highest BCUT2D eigenvalue weighted by Gasteiger charge is 2.23. The van der Waals surface area contributed by atoms with Gasteiger partial charge >= 0.3 is 0 Å². The van der Waals surface area contributed by atoms with E-state index in [0.717, 1.165) is 24.1 Å². The first-order valence-corrected chi connectivity index (χ1v) is 7.53. The summed E-state index contributed by atoms with van der Waals surface area (Å²) in [7, 11) is 0. The van der Waals surface area contributed by atoms with Crippen molar-refractivity contribution in [2.24, 2.45) is 5.92 Å². The number of hydrogen-bond donors (Lipinski definition) is 1. The molecule has 1 aliphatic carbocycles. The minimum atomic E-state index is 0.661. The van der Waals surface area contributed by atoms with E-state index in [1.54, 1.807) is 0 Å². The largest absolute Gasteiger partial charge is 0.356 e. The van der Waals surface area contributed by atoms with Crippen LogP contribution in [0.3, 0.4) is 0 Å². The molecule has 0 unspecified atom stereocenters. The molecule has 3 nitrogen and oxygen atoms in total. The van der Waals surface area contributed by atoms with Crippen molar-refractivity contribution < 1.29 is 0 Å². The Morgan fingerprint density at radius 1 is 1.28 bits per heavy atom. The molecule has 2 rings (SSSR count). The van der Waals surface area contributed by atoms with Crippen LogP contribution >= 0.6 is 0 Å². The third-order valence-corrected chi connectivity index (χ3v) is 4.09. The topological polar surface area (TPSA) is 29.9 Å². The van der Waals surface area contributed by atoms with Crippen LogP contribution in [0.1, 0.15) is 64.1 Å². The van der Waals surface area contributed by atoms with Crippen LogP contribution in [0.25, 0.3) is 0 Å². The Balaban J connectivity index is 2.00. The Kier molecular flexibility index (Phi) is 4.67. The molecule has 1 fully saturated rings. The molecule has 1 aliphatic rings. The van der Waals surface area contributed by atoms with Gasteiger partial charge in [0, 0.05) is 18.8 Å². The van der Waals surface area contributed by atoms with Gasteiger partial charge in [0.15, 0.2) is 0 Å². The first-order chi connectivity index (χ1) is 8.74. The zero-order valence-electron chi connectivity index (χ0n) is 12.1. The van der Waals surface area contributed by atoms with E-state index in [-0.39, 0.29) is 0 Å². The van der Waals surface area contributed by atoms with Crippen molar-refractivity contribution >= 4 is 5.95 Å². The van der Waals surface area contributed by atoms with Crippen LogP contribution in [-0.2, 0) is 0 Å². The number of nitrogens with zero attached hydrogens (tertiary/aromatic N) is 2. The van der Waals surface area contributed by atoms with E-state index in [9.17, 15) is 0 Å². The van der Waals surface area contributed by atoms with Gasteiger partial charge in [0.05, 0.1) is 5.69 Å². The second kappa shape index (κ2) is 6.26. The first-order valence-electron chi connectivity index (χ1n) is 7.53. The first kappa shape index (κ1) is 13.4. The van der Waals surface area contributed by atoms with E-state index in [1.165, 1.54) is 38.5 Å². The lowest BCUT2D eigenvalue weighted by Gasteiger charge is -2.30. The monoisotopic (exact) mass is 249 g/mol. The van der Waals surface area contributed by atoms with Crippen LogP contribution in [0.15, 0.2) is 6.20 Å². The van der Waals surface area contributed by atoms with Crippen molar-refractivity contribution in [1.29, 1.82) is 0 Å². The molecule has 1 heterocycles. The van der Waals surface area contributed by atoms with E-state index in [4.69, 9.17) is 0 Å². The van der Waals surface area contributed by atoms with E-state index in [2.05, 4.69) is 41.8 Å². The molecule has 0 saturated heterocycles. The van der Waals surface area contributed by atoms with E-state index in [1.807, 2.05) is 0 Å². The summed E-state index contributed by atoms with van der Waals surface area (Å²) in [6.45, 7) is 7.46. The molecule has 1 N–H and O–H groups in total. The fourth-order valence-corrected chi connectivity index (χ4v) is 3.20. The predicted octanol–water partition coefficient (Wildman–Crippen LogP) is 4.15. The fourth-order valence-electron chi connectivity index (χ4n) is 3.20. The summed E-state index contributed by atoms with van der Waals surface area (Å²) in [6.07, 6.45) is 10.4. The molecule has 0 atom stereocenters. The number of hydrogen-bond acceptors (Lipinski definition) is 2. The normalized spacial score (nSPS) is 24.2. The van der Waals surface area contributed by atoms with Gasteiger partial charge < -0.3 is 9.88 Å². The highest BCUT2D eigenvalue weighted by Crippen LogP contribution is 2.35. The number of rotatable bonds is 5. The fraction of sp³-hybridized carbons (Fsp3) is 0.800. The number of nitrogens with one attached hydrogen (secondary N) is 1. The van der Waals surface area contributed by atoms with Crippen molar-refractivity contribution in [3.8, 4) is 0 Å². The van der Waals surface area contributed by atoms with Gasteiger partial charge in [0.2, 0.25) is 5.95 Å². The molecular weight excluding hydrogens is 222 g/mol. The summed E-state index contributed by atoms with van der Waals surface area (Å²) < 4.78 is 2.38. The van der Waals surface area contributed by atoms with Crippen molar-refractivity contribution in [3.63, 3.8) is 0 Å². The molecule has 0 bridgehead atoms. The van der Waals surface area contributed by atoms with Gasteiger partial charge in [-0.1, -0.05) is 19.8 Å². The second-order valence-corrected chi connectivity index (χ2v) is 5.61. The van der Waals surface area contributed by atoms with Crippen molar-refractivity contribution in [1.82, 2.24) is 9.55 Å². The van der Waals surface area contributed by atoms with Gasteiger partial charge in [-0.15, -0.1) is 0 Å². The zero-order chi connectivity index (χ0) is 13.0. The quantitative estimate of drug-likeness (QED) is 0.849. The standard InChI is InChI=1S/C15H27N3/c1-4-6-13-7-9-14(10-8-13)18-11-12(3)17-15(18)16-5-2/h11,13-14H,4-10H2,1-3H3,(H,16,17). The van der Waals surface area contributed by atoms with Crippen LogP contribution in [0.2, 0.25) is 0 Å². The maximum Gasteiger partial charge on any atom is 0.203 e. The van der Waals surface area contributed by atoms with E-state index < -0.39 is 0 Å². The van der Waals surface area contributed by atoms with Gasteiger partial charge in [-0.3, -0.25) is 0 Å². The predicted molar refractivity (Wildman–Crippen MR) is 77.0 cm³/mol. The molecule has 0 spiro atoms. The SMILES string of the molecule is CCCC1CCC(n2cc(C)nc2NCC)CC1. The Morgan fingerprint density at radius 2 is 2.00 bits per heavy atom. The summed E-state index contributed by atoms with van der Waals surface area (Å²) in [4.78, 5) is 4.58. The molecule has 0 radical (unpaired) electrons. The average Bonchev–Trinajstić information content (AvgIpc) is 2.72. The minimum Gasteiger partial charge on any atom is -0.356 e. The molecule has 1 saturated carbocycles. The Labute approximate surface area is 111 Å². The van der Waals surface area contributed by atoms with Crippen LogP contribution in [-0.4, -0.2) is 16.1 Å². The molecule has 0 aliphatic heterocycles. The highest BCUT2D eigenvalue weighted by atomic mass is 15.2. The molecule has 102 valence electrons. The lowest BCUT2D eigenvalue weighted by molar-refractivity contribution is 0.264. The Morgan fingerprint density at radius 3 is 2.61 bits per heavy atom. The van der Waals surface area contributed by atoms with E-state index >= 15 is 0 Å². The molecular formula is C15H27N3. The highest BCUT2D eigenvalue weighted by molar-refractivity contribution is 5.29. The summed E-state index contributed by atoms with van der Waals surface area (Å²) in [5.41, 5.74) is 1.13. The number of aryl methyl sites for hydroxylation is 1. The summed E-state index contributed by atoms with van der Waals surface area (Å²) in [6, 6.07) is 0.661. The maximum absolute atomic E-state index is 4.58. The van der Waals surface area contributed by atoms with Gasteiger partial charge in [-0.05, 0) is 45.4 Å². The molecule has 1 aromatic rings. The Hall–Kier alpha value is -0.990. The van der Waals surface area contributed by atoms with Crippen molar-refractivity contribution in [2.45, 2.75) is 65.3 Å². The summed E-state index contributed by atoms with van der Waals surface area (Å²) in [5, 5.41) is 3.38. The third-order valence-electron chi connectivity index (χ3n) is 4.09. The van der Waals surface area contributed by atoms with Gasteiger partial charge in [-0.2, -0.15) is 0 Å². The van der Waals surface area contributed by atoms with Crippen LogP contribution in [0.5, 0.6) is 0 Å². The third kappa shape index (κ3) is 3.06. The number of anilines is 1. The molecule has 18 heavy (non-hydrogen) atoms. The van der Waals surface area contributed by atoms with Crippen molar-refractivity contribution in [2.75, 3.05) is 11.9 Å². The molecule has 3 heteroatoms. The lowest BCUT2D eigenvalue weighted by atomic mass is 9.83. The summed E-state index contributed by atoms with van der Waals surface area (Å²) in [5.74, 6) is 2.03. The van der Waals surface area contributed by atoms with Crippen LogP contribution in [0, 0.1) is 12.8 Å². The number of imidazole rings is 1. The van der Waals surface area contributed by atoms with Gasteiger partial charge in [-0.25, -0.2) is 4.98 Å². The molecule has 0 amide bonds.